The predicted octanol–water partition coefficient (Wildman–Crippen LogP) is 4.38. The Bertz CT molecular complexity index is 750. The maximum atomic E-state index is 12.7. The highest BCUT2D eigenvalue weighted by molar-refractivity contribution is 6.01. The fraction of sp³-hybridized carbons (Fsp3) is 0.278. The van der Waals surface area contributed by atoms with Gasteiger partial charge in [-0.2, -0.15) is 13.2 Å². The molecule has 1 saturated carbocycles. The van der Waals surface area contributed by atoms with Crippen molar-refractivity contribution in [2.24, 2.45) is 0 Å². The molecule has 0 unspecified atom stereocenters. The van der Waals surface area contributed by atoms with Crippen LogP contribution in [0.25, 0.3) is 0 Å². The Morgan fingerprint density at radius 3 is 2.25 bits per heavy atom. The lowest BCUT2D eigenvalue weighted by atomic mass is 9.94. The largest absolute Gasteiger partial charge is 0.496 e. The Morgan fingerprint density at radius 2 is 1.71 bits per heavy atom. The van der Waals surface area contributed by atoms with Crippen LogP contribution in [0.4, 0.5) is 18.9 Å². The van der Waals surface area contributed by atoms with Crippen molar-refractivity contribution in [2.75, 3.05) is 12.4 Å². The highest BCUT2D eigenvalue weighted by Crippen LogP contribution is 2.52. The molecule has 0 bridgehead atoms. The summed E-state index contributed by atoms with van der Waals surface area (Å²) in [5.41, 5.74) is -0.271. The minimum absolute atomic E-state index is 0.230. The van der Waals surface area contributed by atoms with Gasteiger partial charge >= 0.3 is 6.18 Å². The van der Waals surface area contributed by atoms with Crippen molar-refractivity contribution in [3.05, 3.63) is 59.7 Å². The molecular formula is C18H16F3NO2. The second-order valence-electron chi connectivity index (χ2n) is 5.81. The van der Waals surface area contributed by atoms with Gasteiger partial charge in [-0.25, -0.2) is 0 Å². The van der Waals surface area contributed by atoms with Gasteiger partial charge in [0, 0.05) is 11.3 Å². The topological polar surface area (TPSA) is 38.3 Å². The lowest BCUT2D eigenvalue weighted by molar-refractivity contribution is -0.137. The van der Waals surface area contributed by atoms with Crippen LogP contribution < -0.4 is 10.1 Å². The molecule has 1 amide bonds. The van der Waals surface area contributed by atoms with Crippen LogP contribution in [0, 0.1) is 0 Å². The van der Waals surface area contributed by atoms with Crippen molar-refractivity contribution in [1.82, 2.24) is 0 Å². The van der Waals surface area contributed by atoms with E-state index < -0.39 is 17.2 Å². The van der Waals surface area contributed by atoms with Crippen LogP contribution >= 0.6 is 0 Å². The van der Waals surface area contributed by atoms with Crippen LogP contribution in [-0.2, 0) is 16.4 Å². The van der Waals surface area contributed by atoms with Gasteiger partial charge in [-0.3, -0.25) is 4.79 Å². The van der Waals surface area contributed by atoms with Crippen LogP contribution in [0.2, 0.25) is 0 Å². The van der Waals surface area contributed by atoms with Gasteiger partial charge < -0.3 is 10.1 Å². The number of amides is 1. The van der Waals surface area contributed by atoms with E-state index in [1.165, 1.54) is 12.1 Å². The number of hydrogen-bond donors (Lipinski definition) is 1. The lowest BCUT2D eigenvalue weighted by Crippen LogP contribution is -2.28. The first-order valence-corrected chi connectivity index (χ1v) is 7.49. The molecule has 3 rings (SSSR count). The quantitative estimate of drug-likeness (QED) is 0.900. The number of nitrogens with one attached hydrogen (secondary N) is 1. The number of benzene rings is 2. The second-order valence-corrected chi connectivity index (χ2v) is 5.81. The minimum Gasteiger partial charge on any atom is -0.496 e. The summed E-state index contributed by atoms with van der Waals surface area (Å²) in [5.74, 6) is 0.407. The molecular weight excluding hydrogens is 319 g/mol. The maximum Gasteiger partial charge on any atom is 0.416 e. The van der Waals surface area contributed by atoms with Crippen LogP contribution in [-0.4, -0.2) is 13.0 Å². The highest BCUT2D eigenvalue weighted by atomic mass is 19.4. The first-order valence-electron chi connectivity index (χ1n) is 7.49. The summed E-state index contributed by atoms with van der Waals surface area (Å²) >= 11 is 0. The van der Waals surface area contributed by atoms with E-state index in [0.29, 0.717) is 24.3 Å². The Labute approximate surface area is 137 Å². The number of para-hydroxylation sites is 1. The summed E-state index contributed by atoms with van der Waals surface area (Å²) in [6.07, 6.45) is -3.03. The van der Waals surface area contributed by atoms with Gasteiger partial charge in [-0.1, -0.05) is 18.2 Å². The van der Waals surface area contributed by atoms with Gasteiger partial charge in [0.05, 0.1) is 18.1 Å². The van der Waals surface area contributed by atoms with Crippen LogP contribution in [0.3, 0.4) is 0 Å². The number of anilines is 1. The second kappa shape index (κ2) is 5.85. The van der Waals surface area contributed by atoms with Gasteiger partial charge in [0.2, 0.25) is 5.91 Å². The summed E-state index contributed by atoms with van der Waals surface area (Å²) in [5, 5.41) is 2.71. The van der Waals surface area contributed by atoms with E-state index in [1.54, 1.807) is 13.2 Å². The van der Waals surface area contributed by atoms with Gasteiger partial charge in [0.25, 0.3) is 0 Å². The molecule has 3 nitrogen and oxygen atoms in total. The van der Waals surface area contributed by atoms with Crippen molar-refractivity contribution in [1.29, 1.82) is 0 Å². The molecule has 2 aromatic rings. The minimum atomic E-state index is -4.39. The fourth-order valence-electron chi connectivity index (χ4n) is 2.78. The molecule has 0 heterocycles. The molecule has 0 saturated heterocycles. The van der Waals surface area contributed by atoms with Gasteiger partial charge in [-0.05, 0) is 43.2 Å². The molecule has 6 heteroatoms. The molecule has 1 aliphatic rings. The third kappa shape index (κ3) is 2.96. The Morgan fingerprint density at radius 1 is 1.08 bits per heavy atom. The fourth-order valence-corrected chi connectivity index (χ4v) is 2.78. The number of alkyl halides is 3. The molecule has 0 radical (unpaired) electrons. The molecule has 1 fully saturated rings. The number of hydrogen-bond acceptors (Lipinski definition) is 2. The predicted molar refractivity (Wildman–Crippen MR) is 84.0 cm³/mol. The molecule has 0 aromatic heterocycles. The van der Waals surface area contributed by atoms with Crippen molar-refractivity contribution < 1.29 is 22.7 Å². The van der Waals surface area contributed by atoms with Crippen molar-refractivity contribution >= 4 is 11.6 Å². The third-order valence-corrected chi connectivity index (χ3v) is 4.28. The summed E-state index contributed by atoms with van der Waals surface area (Å²) in [6, 6.07) is 11.7. The average Bonchev–Trinajstić information content (AvgIpc) is 3.36. The number of halogens is 3. The molecule has 1 aliphatic carbocycles. The molecule has 0 aliphatic heterocycles. The summed E-state index contributed by atoms with van der Waals surface area (Å²) < 4.78 is 43.1. The zero-order valence-corrected chi connectivity index (χ0v) is 13.0. The van der Waals surface area contributed by atoms with Crippen LogP contribution in [0.5, 0.6) is 5.75 Å². The summed E-state index contributed by atoms with van der Waals surface area (Å²) in [4.78, 5) is 12.7. The summed E-state index contributed by atoms with van der Waals surface area (Å²) in [6.45, 7) is 0. The number of methoxy groups -OCH3 is 1. The Hall–Kier alpha value is -2.50. The van der Waals surface area contributed by atoms with Crippen LogP contribution in [0.15, 0.2) is 48.5 Å². The number of rotatable bonds is 4. The highest BCUT2D eigenvalue weighted by Gasteiger charge is 2.52. The smallest absolute Gasteiger partial charge is 0.416 e. The Kier molecular flexibility index (Phi) is 3.99. The van der Waals surface area contributed by atoms with Gasteiger partial charge in [-0.15, -0.1) is 0 Å². The Balaban J connectivity index is 1.80. The standard InChI is InChI=1S/C18H16F3NO2/c1-24-15-5-3-2-4-14(15)17(10-11-17)16(23)22-13-8-6-12(7-9-13)18(19,20)21/h2-9H,10-11H2,1H3,(H,22,23). The number of carbonyl (C=O) groups excluding carboxylic acids is 1. The van der Waals surface area contributed by atoms with E-state index in [-0.39, 0.29) is 5.91 Å². The van der Waals surface area contributed by atoms with Crippen molar-refractivity contribution in [2.45, 2.75) is 24.4 Å². The maximum absolute atomic E-state index is 12.7. The molecule has 1 N–H and O–H groups in total. The van der Waals surface area contributed by atoms with E-state index >= 15 is 0 Å². The molecule has 0 atom stereocenters. The van der Waals surface area contributed by atoms with Crippen LogP contribution in [0.1, 0.15) is 24.0 Å². The van der Waals surface area contributed by atoms with Gasteiger partial charge in [0.1, 0.15) is 5.75 Å². The first-order chi connectivity index (χ1) is 11.4. The normalized spacial score (nSPS) is 15.7. The molecule has 126 valence electrons. The first kappa shape index (κ1) is 16.4. The zero-order chi connectivity index (χ0) is 17.4. The zero-order valence-electron chi connectivity index (χ0n) is 13.0. The van der Waals surface area contributed by atoms with E-state index in [1.807, 2.05) is 18.2 Å². The summed E-state index contributed by atoms with van der Waals surface area (Å²) in [7, 11) is 1.54. The van der Waals surface area contributed by atoms with E-state index in [9.17, 15) is 18.0 Å². The van der Waals surface area contributed by atoms with E-state index in [2.05, 4.69) is 5.32 Å². The van der Waals surface area contributed by atoms with E-state index in [0.717, 1.165) is 17.7 Å². The average molecular weight is 335 g/mol. The SMILES string of the molecule is COc1ccccc1C1(C(=O)Nc2ccc(C(F)(F)F)cc2)CC1. The molecule has 0 spiro atoms. The van der Waals surface area contributed by atoms with Gasteiger partial charge in [0.15, 0.2) is 0 Å². The van der Waals surface area contributed by atoms with Crippen molar-refractivity contribution in [3.8, 4) is 5.75 Å². The monoisotopic (exact) mass is 335 g/mol. The molecule has 24 heavy (non-hydrogen) atoms. The number of ether oxygens (including phenoxy) is 1. The van der Waals surface area contributed by atoms with E-state index in [4.69, 9.17) is 4.74 Å². The third-order valence-electron chi connectivity index (χ3n) is 4.28. The number of carbonyl (C=O) groups is 1. The molecule has 2 aromatic carbocycles. The lowest BCUT2D eigenvalue weighted by Gasteiger charge is -2.18. The van der Waals surface area contributed by atoms with Crippen molar-refractivity contribution in [3.63, 3.8) is 0 Å².